The molecule has 0 rings (SSSR count). The van der Waals surface area contributed by atoms with Crippen LogP contribution in [-0.2, 0) is 18.4 Å². The lowest BCUT2D eigenvalue weighted by Crippen LogP contribution is -2.46. The van der Waals surface area contributed by atoms with E-state index in [2.05, 4.69) is 43.5 Å². The van der Waals surface area contributed by atoms with Crippen molar-refractivity contribution in [2.24, 2.45) is 0 Å². The number of carbonyl (C=O) groups excluding carboxylic acids is 1. The van der Waals surface area contributed by atoms with Gasteiger partial charge in [-0.15, -0.1) is 0 Å². The Morgan fingerprint density at radius 2 is 0.829 bits per heavy atom. The maximum Gasteiger partial charge on any atom is 0.268 e. The van der Waals surface area contributed by atoms with E-state index in [1.807, 2.05) is 21.1 Å². The number of carbonyl (C=O) groups is 1. The summed E-state index contributed by atoms with van der Waals surface area (Å²) in [7, 11) is 1.31. The molecule has 416 valence electrons. The second kappa shape index (κ2) is 52.8. The van der Waals surface area contributed by atoms with Gasteiger partial charge >= 0.3 is 0 Å². The number of quaternary nitrogens is 1. The summed E-state index contributed by atoms with van der Waals surface area (Å²) >= 11 is 0. The highest BCUT2D eigenvalue weighted by molar-refractivity contribution is 7.45. The third-order valence-electron chi connectivity index (χ3n) is 14.2. The van der Waals surface area contributed by atoms with E-state index in [-0.39, 0.29) is 19.1 Å². The molecule has 0 heterocycles. The van der Waals surface area contributed by atoms with Gasteiger partial charge in [0.05, 0.1) is 39.9 Å². The number of hydrogen-bond acceptors (Lipinski definition) is 6. The van der Waals surface area contributed by atoms with Crippen LogP contribution in [0.15, 0.2) is 24.3 Å². The van der Waals surface area contributed by atoms with Crippen molar-refractivity contribution in [2.75, 3.05) is 40.9 Å². The number of hydrogen-bond donors (Lipinski definition) is 2. The Morgan fingerprint density at radius 3 is 1.19 bits per heavy atom. The van der Waals surface area contributed by atoms with Crippen molar-refractivity contribution >= 4 is 13.7 Å². The first kappa shape index (κ1) is 69.0. The van der Waals surface area contributed by atoms with E-state index < -0.39 is 20.0 Å². The number of nitrogens with zero attached hydrogens (tertiary/aromatic N) is 1. The normalized spacial score (nSPS) is 14.0. The molecule has 1 amide bonds. The molecule has 0 bridgehead atoms. The smallest absolute Gasteiger partial charge is 0.268 e. The number of allylic oxidation sites excluding steroid dienone is 4. The zero-order chi connectivity index (χ0) is 51.3. The highest BCUT2D eigenvalue weighted by Gasteiger charge is 2.24. The minimum atomic E-state index is -4.56. The molecule has 0 aliphatic rings. The predicted octanol–water partition coefficient (Wildman–Crippen LogP) is 18.1. The molecule has 0 aromatic rings. The van der Waals surface area contributed by atoms with Crippen LogP contribution in [0.1, 0.15) is 309 Å². The van der Waals surface area contributed by atoms with Crippen molar-refractivity contribution in [2.45, 2.75) is 321 Å². The maximum atomic E-state index is 12.9. The van der Waals surface area contributed by atoms with E-state index in [0.717, 1.165) is 44.9 Å². The highest BCUT2D eigenvalue weighted by atomic mass is 31.2. The van der Waals surface area contributed by atoms with Gasteiger partial charge in [-0.05, 0) is 44.9 Å². The Bertz CT molecular complexity index is 1190. The lowest BCUT2D eigenvalue weighted by atomic mass is 10.0. The molecule has 8 nitrogen and oxygen atoms in total. The van der Waals surface area contributed by atoms with Gasteiger partial charge in [0.1, 0.15) is 13.2 Å². The Hall–Kier alpha value is -1.02. The number of unbranched alkanes of at least 4 members (excludes halogenated alkanes) is 40. The average molecular weight is 1010 g/mol. The summed E-state index contributed by atoms with van der Waals surface area (Å²) in [4.78, 5) is 25.4. The molecule has 0 aromatic carbocycles. The van der Waals surface area contributed by atoms with Gasteiger partial charge in [-0.3, -0.25) is 9.36 Å². The molecular formula is C61H121N2O6P. The van der Waals surface area contributed by atoms with Crippen molar-refractivity contribution in [1.82, 2.24) is 5.32 Å². The Labute approximate surface area is 436 Å². The van der Waals surface area contributed by atoms with Crippen molar-refractivity contribution in [3.8, 4) is 0 Å². The number of nitrogens with one attached hydrogen (secondary N) is 1. The van der Waals surface area contributed by atoms with Crippen LogP contribution in [0.2, 0.25) is 0 Å². The Kier molecular flexibility index (Phi) is 52.1. The van der Waals surface area contributed by atoms with Gasteiger partial charge in [0, 0.05) is 6.42 Å². The molecule has 0 spiro atoms. The number of amides is 1. The fourth-order valence-corrected chi connectivity index (χ4v) is 10.1. The lowest BCUT2D eigenvalue weighted by Gasteiger charge is -2.30. The predicted molar refractivity (Wildman–Crippen MR) is 302 cm³/mol. The van der Waals surface area contributed by atoms with E-state index >= 15 is 0 Å². The van der Waals surface area contributed by atoms with Crippen LogP contribution in [-0.4, -0.2) is 68.5 Å². The summed E-state index contributed by atoms with van der Waals surface area (Å²) in [6, 6.07) is -0.796. The van der Waals surface area contributed by atoms with Crippen molar-refractivity contribution in [3.05, 3.63) is 24.3 Å². The molecule has 2 N–H and O–H groups in total. The molecular weight excluding hydrogens is 888 g/mol. The van der Waals surface area contributed by atoms with E-state index in [4.69, 9.17) is 9.05 Å². The summed E-state index contributed by atoms with van der Waals surface area (Å²) in [5.74, 6) is -0.163. The number of aliphatic hydroxyl groups is 1. The fourth-order valence-electron chi connectivity index (χ4n) is 9.37. The molecule has 3 unspecified atom stereocenters. The van der Waals surface area contributed by atoms with E-state index in [1.54, 1.807) is 0 Å². The summed E-state index contributed by atoms with van der Waals surface area (Å²) in [6.45, 7) is 4.72. The van der Waals surface area contributed by atoms with E-state index in [9.17, 15) is 19.4 Å². The molecule has 0 aliphatic heterocycles. The molecule has 0 saturated heterocycles. The van der Waals surface area contributed by atoms with Crippen LogP contribution in [0.4, 0.5) is 0 Å². The third-order valence-corrected chi connectivity index (χ3v) is 15.2. The molecule has 9 heteroatoms. The van der Waals surface area contributed by atoms with Gasteiger partial charge < -0.3 is 28.8 Å². The van der Waals surface area contributed by atoms with Crippen LogP contribution < -0.4 is 10.2 Å². The van der Waals surface area contributed by atoms with Crippen LogP contribution in [0.25, 0.3) is 0 Å². The topological polar surface area (TPSA) is 108 Å². The second-order valence-electron chi connectivity index (χ2n) is 22.4. The quantitative estimate of drug-likeness (QED) is 0.0272. The van der Waals surface area contributed by atoms with Gasteiger partial charge in [-0.2, -0.15) is 0 Å². The first-order valence-corrected chi connectivity index (χ1v) is 32.1. The van der Waals surface area contributed by atoms with Crippen molar-refractivity contribution in [3.63, 3.8) is 0 Å². The number of rotatable bonds is 57. The summed E-state index contributed by atoms with van der Waals surface area (Å²) in [6.07, 6.45) is 67.0. The van der Waals surface area contributed by atoms with Crippen LogP contribution >= 0.6 is 7.82 Å². The standard InChI is InChI=1S/C61H121N2O6P/c1-6-8-10-12-14-16-17-18-19-20-21-22-23-24-25-26-27-28-29-30-31-32-33-34-35-36-37-38-39-40-41-42-43-44-45-47-49-51-53-55-61(65)62-59(58-69-70(66,67)68-57-56-63(3,4)5)60(64)54-52-50-48-46-15-13-11-9-7-2/h27-28,30-31,59-60,64H,6-26,29,32-58H2,1-5H3,(H-,62,65,66,67)/b28-27-,31-30-. The number of aliphatic hydroxyl groups excluding tert-OH is 1. The first-order chi connectivity index (χ1) is 34.0. The van der Waals surface area contributed by atoms with Gasteiger partial charge in [-0.25, -0.2) is 0 Å². The number of phosphoric ester groups is 1. The van der Waals surface area contributed by atoms with Crippen LogP contribution in [0.5, 0.6) is 0 Å². The second-order valence-corrected chi connectivity index (χ2v) is 23.8. The monoisotopic (exact) mass is 1010 g/mol. The van der Waals surface area contributed by atoms with Crippen molar-refractivity contribution < 1.29 is 32.9 Å². The Morgan fingerprint density at radius 1 is 0.500 bits per heavy atom. The van der Waals surface area contributed by atoms with Gasteiger partial charge in [0.15, 0.2) is 0 Å². The van der Waals surface area contributed by atoms with Crippen LogP contribution in [0, 0.1) is 0 Å². The van der Waals surface area contributed by atoms with Crippen molar-refractivity contribution in [1.29, 1.82) is 0 Å². The Balaban J connectivity index is 3.79. The van der Waals surface area contributed by atoms with Gasteiger partial charge in [0.2, 0.25) is 5.91 Å². The van der Waals surface area contributed by atoms with Gasteiger partial charge in [0.25, 0.3) is 7.82 Å². The maximum absolute atomic E-state index is 12.9. The van der Waals surface area contributed by atoms with Crippen LogP contribution in [0.3, 0.4) is 0 Å². The molecule has 70 heavy (non-hydrogen) atoms. The summed E-state index contributed by atoms with van der Waals surface area (Å²) in [5, 5.41) is 13.9. The SMILES string of the molecule is CCCCCCCCCCCCCCCCC/C=C\C/C=C\CCCCCCCCCCCCCCCCCCCC(=O)NC(COP(=O)([O-])OCC[N+](C)(C)C)C(O)CCCCCCCCCCC. The molecule has 0 radical (unpaired) electrons. The zero-order valence-electron chi connectivity index (χ0n) is 47.5. The minimum Gasteiger partial charge on any atom is -0.756 e. The third kappa shape index (κ3) is 54.7. The fraction of sp³-hybridized carbons (Fsp3) is 0.918. The zero-order valence-corrected chi connectivity index (χ0v) is 48.4. The first-order valence-electron chi connectivity index (χ1n) is 30.7. The molecule has 0 saturated carbocycles. The van der Waals surface area contributed by atoms with E-state index in [0.29, 0.717) is 23.9 Å². The summed E-state index contributed by atoms with van der Waals surface area (Å²) in [5.41, 5.74) is 0. The number of phosphoric acid groups is 1. The van der Waals surface area contributed by atoms with E-state index in [1.165, 1.54) is 238 Å². The lowest BCUT2D eigenvalue weighted by molar-refractivity contribution is -0.870. The van der Waals surface area contributed by atoms with Gasteiger partial charge in [-0.1, -0.05) is 282 Å². The molecule has 0 aromatic heterocycles. The highest BCUT2D eigenvalue weighted by Crippen LogP contribution is 2.38. The molecule has 0 aliphatic carbocycles. The summed E-state index contributed by atoms with van der Waals surface area (Å²) < 4.78 is 23.3. The number of likely N-dealkylation sites (N-methyl/N-ethyl adjacent to an activating group) is 1. The average Bonchev–Trinajstić information content (AvgIpc) is 3.32. The molecule has 3 atom stereocenters. The minimum absolute atomic E-state index is 0.0137. The molecule has 0 fully saturated rings. The largest absolute Gasteiger partial charge is 0.756 e.